The number of fused-ring (bicyclic) bond motifs is 3. The average Bonchev–Trinajstić information content (AvgIpc) is 3.21. The summed E-state index contributed by atoms with van der Waals surface area (Å²) >= 11 is 0. The van der Waals surface area contributed by atoms with Crippen LogP contribution in [0.1, 0.15) is 62.0 Å². The number of nitrogens with one attached hydrogen (secondary N) is 1. The Bertz CT molecular complexity index is 1250. The maximum Gasteiger partial charge on any atom is 0.412 e. The first-order valence-electron chi connectivity index (χ1n) is 12.9. The zero-order chi connectivity index (χ0) is 24.2. The lowest BCUT2D eigenvalue weighted by molar-refractivity contribution is 0.0845. The fraction of sp³-hybridized carbons (Fsp3) is 0.500. The van der Waals surface area contributed by atoms with Gasteiger partial charge in [0.05, 0.1) is 23.8 Å². The molecule has 1 aliphatic carbocycles. The van der Waals surface area contributed by atoms with Gasteiger partial charge in [-0.2, -0.15) is 0 Å². The molecule has 1 spiro atoms. The van der Waals surface area contributed by atoms with E-state index in [1.165, 1.54) is 23.3 Å². The van der Waals surface area contributed by atoms with Crippen LogP contribution in [0, 0.1) is 5.41 Å². The lowest BCUT2D eigenvalue weighted by Gasteiger charge is -2.47. The smallest absolute Gasteiger partial charge is 0.412 e. The van der Waals surface area contributed by atoms with Gasteiger partial charge in [0.15, 0.2) is 0 Å². The summed E-state index contributed by atoms with van der Waals surface area (Å²) in [7, 11) is 1.69. The Labute approximate surface area is 206 Å². The zero-order valence-electron chi connectivity index (χ0n) is 20.6. The molecule has 1 aromatic heterocycles. The molecular formula is C28H34N4O3. The van der Waals surface area contributed by atoms with Crippen LogP contribution >= 0.6 is 0 Å². The van der Waals surface area contributed by atoms with E-state index >= 15 is 0 Å². The summed E-state index contributed by atoms with van der Waals surface area (Å²) in [6, 6.07) is 12.8. The number of carbonyl (C=O) groups is 1. The Morgan fingerprint density at radius 1 is 1.14 bits per heavy atom. The first kappa shape index (κ1) is 22.4. The number of aromatic nitrogens is 2. The number of hydrogen-bond donors (Lipinski definition) is 2. The van der Waals surface area contributed by atoms with Crippen molar-refractivity contribution < 1.29 is 14.6 Å². The maximum absolute atomic E-state index is 12.1. The van der Waals surface area contributed by atoms with E-state index < -0.39 is 6.09 Å². The Morgan fingerprint density at radius 3 is 2.51 bits per heavy atom. The van der Waals surface area contributed by atoms with Crippen LogP contribution in [0.25, 0.3) is 11.0 Å². The topological polar surface area (TPSA) is 79.6 Å². The van der Waals surface area contributed by atoms with Gasteiger partial charge in [0.25, 0.3) is 0 Å². The van der Waals surface area contributed by atoms with Gasteiger partial charge in [0.2, 0.25) is 0 Å². The zero-order valence-corrected chi connectivity index (χ0v) is 20.6. The largest absolute Gasteiger partial charge is 0.497 e. The fourth-order valence-electron chi connectivity index (χ4n) is 6.50. The molecule has 0 bridgehead atoms. The number of aryl methyl sites for hydroxylation is 1. The molecule has 3 heterocycles. The second-order valence-corrected chi connectivity index (χ2v) is 10.7. The molecule has 1 amide bonds. The van der Waals surface area contributed by atoms with Crippen molar-refractivity contribution in [2.24, 2.45) is 5.41 Å². The van der Waals surface area contributed by atoms with Gasteiger partial charge in [-0.1, -0.05) is 12.1 Å². The van der Waals surface area contributed by atoms with E-state index in [0.29, 0.717) is 11.5 Å². The number of amides is 1. The predicted molar refractivity (Wildman–Crippen MR) is 137 cm³/mol. The average molecular weight is 475 g/mol. The molecule has 2 fully saturated rings. The second kappa shape index (κ2) is 8.55. The highest BCUT2D eigenvalue weighted by molar-refractivity contribution is 5.94. The van der Waals surface area contributed by atoms with Crippen molar-refractivity contribution in [3.05, 3.63) is 53.3 Å². The third kappa shape index (κ3) is 3.77. The van der Waals surface area contributed by atoms with Crippen LogP contribution in [0.15, 0.2) is 36.4 Å². The molecule has 1 saturated carbocycles. The molecule has 184 valence electrons. The summed E-state index contributed by atoms with van der Waals surface area (Å²) in [5.74, 6) is 1.93. The SMILES string of the molecule is COc1ccc(Cc2nc3c4c(ccc3n2C2CCC3(CC2)CNC3)N(C(=O)O)[C@@H](C)CC4)cc1. The van der Waals surface area contributed by atoms with E-state index in [1.54, 1.807) is 7.11 Å². The number of rotatable bonds is 4. The Morgan fingerprint density at radius 2 is 1.89 bits per heavy atom. The molecule has 2 aromatic carbocycles. The fourth-order valence-corrected chi connectivity index (χ4v) is 6.50. The van der Waals surface area contributed by atoms with E-state index in [-0.39, 0.29) is 6.04 Å². The Hall–Kier alpha value is -3.06. The van der Waals surface area contributed by atoms with E-state index in [9.17, 15) is 9.90 Å². The van der Waals surface area contributed by atoms with Gasteiger partial charge in [-0.3, -0.25) is 4.90 Å². The summed E-state index contributed by atoms with van der Waals surface area (Å²) in [5, 5.41) is 13.4. The van der Waals surface area contributed by atoms with E-state index in [1.807, 2.05) is 25.1 Å². The van der Waals surface area contributed by atoms with Crippen LogP contribution in [0.4, 0.5) is 10.5 Å². The van der Waals surface area contributed by atoms with Crippen LogP contribution in [-0.4, -0.2) is 47.0 Å². The summed E-state index contributed by atoms with van der Waals surface area (Å²) < 4.78 is 7.83. The van der Waals surface area contributed by atoms with E-state index in [2.05, 4.69) is 28.1 Å². The molecule has 2 N–H and O–H groups in total. The summed E-state index contributed by atoms with van der Waals surface area (Å²) in [6.45, 7) is 4.29. The Kier molecular flexibility index (Phi) is 5.48. The third-order valence-corrected chi connectivity index (χ3v) is 8.64. The van der Waals surface area contributed by atoms with Gasteiger partial charge in [0.1, 0.15) is 11.6 Å². The highest BCUT2D eigenvalue weighted by Crippen LogP contribution is 2.45. The molecule has 3 aliphatic rings. The van der Waals surface area contributed by atoms with Crippen LogP contribution < -0.4 is 15.0 Å². The van der Waals surface area contributed by atoms with Crippen molar-refractivity contribution in [2.75, 3.05) is 25.1 Å². The minimum absolute atomic E-state index is 0.0241. The number of imidazole rings is 1. The van der Waals surface area contributed by atoms with E-state index in [0.717, 1.165) is 79.1 Å². The highest BCUT2D eigenvalue weighted by atomic mass is 16.5. The molecule has 3 aromatic rings. The van der Waals surface area contributed by atoms with Crippen LogP contribution in [0.5, 0.6) is 5.75 Å². The number of methoxy groups -OCH3 is 1. The van der Waals surface area contributed by atoms with Crippen LogP contribution in [0.2, 0.25) is 0 Å². The minimum Gasteiger partial charge on any atom is -0.497 e. The van der Waals surface area contributed by atoms with Crippen LogP contribution in [0.3, 0.4) is 0 Å². The molecule has 7 nitrogen and oxygen atoms in total. The van der Waals surface area contributed by atoms with Gasteiger partial charge in [-0.25, -0.2) is 9.78 Å². The number of carboxylic acid groups (broad SMARTS) is 1. The lowest BCUT2D eigenvalue weighted by atomic mass is 9.68. The molecular weight excluding hydrogens is 440 g/mol. The van der Waals surface area contributed by atoms with Crippen molar-refractivity contribution in [3.8, 4) is 5.75 Å². The molecule has 2 aliphatic heterocycles. The number of ether oxygens (including phenoxy) is 1. The van der Waals surface area contributed by atoms with Gasteiger partial charge in [0, 0.05) is 37.2 Å². The standard InChI is InChI=1S/C28H34N4O3/c1-18-3-8-22-23(31(18)27(33)34)9-10-24-26(22)30-25(15-19-4-6-21(35-2)7-5-19)32(24)20-11-13-28(14-12-20)16-29-17-28/h4-7,9-10,18,20,29H,3,8,11-17H2,1-2H3,(H,33,34)/t18-/m0/s1. The van der Waals surface area contributed by atoms with Crippen molar-refractivity contribution in [1.82, 2.24) is 14.9 Å². The molecule has 35 heavy (non-hydrogen) atoms. The summed E-state index contributed by atoms with van der Waals surface area (Å²) in [5.41, 5.74) is 5.71. The Balaban J connectivity index is 1.43. The first-order valence-corrected chi connectivity index (χ1v) is 12.9. The summed E-state index contributed by atoms with van der Waals surface area (Å²) in [6.07, 6.45) is 6.37. The summed E-state index contributed by atoms with van der Waals surface area (Å²) in [4.78, 5) is 18.8. The quantitative estimate of drug-likeness (QED) is 0.546. The molecule has 0 unspecified atom stereocenters. The van der Waals surface area contributed by atoms with Gasteiger partial charge in [-0.15, -0.1) is 0 Å². The highest BCUT2D eigenvalue weighted by Gasteiger charge is 2.41. The monoisotopic (exact) mass is 474 g/mol. The second-order valence-electron chi connectivity index (χ2n) is 10.7. The van der Waals surface area contributed by atoms with Crippen molar-refractivity contribution in [2.45, 2.75) is 64.0 Å². The normalized spacial score (nSPS) is 21.7. The predicted octanol–water partition coefficient (Wildman–Crippen LogP) is 5.16. The molecule has 7 heteroatoms. The number of hydrogen-bond acceptors (Lipinski definition) is 4. The molecule has 0 radical (unpaired) electrons. The molecule has 1 atom stereocenters. The number of anilines is 1. The third-order valence-electron chi connectivity index (χ3n) is 8.64. The van der Waals surface area contributed by atoms with Crippen molar-refractivity contribution in [1.29, 1.82) is 0 Å². The van der Waals surface area contributed by atoms with Gasteiger partial charge in [-0.05, 0) is 80.7 Å². The van der Waals surface area contributed by atoms with Gasteiger partial charge >= 0.3 is 6.09 Å². The van der Waals surface area contributed by atoms with Crippen molar-refractivity contribution in [3.63, 3.8) is 0 Å². The molecule has 6 rings (SSSR count). The lowest BCUT2D eigenvalue weighted by Crippen LogP contribution is -2.54. The van der Waals surface area contributed by atoms with Crippen molar-refractivity contribution >= 4 is 22.8 Å². The van der Waals surface area contributed by atoms with Gasteiger partial charge < -0.3 is 19.7 Å². The molecule has 1 saturated heterocycles. The first-order chi connectivity index (χ1) is 17.0. The minimum atomic E-state index is -0.887. The van der Waals surface area contributed by atoms with E-state index in [4.69, 9.17) is 9.72 Å². The maximum atomic E-state index is 12.1. The number of benzene rings is 2. The number of nitrogens with zero attached hydrogens (tertiary/aromatic N) is 3. The van der Waals surface area contributed by atoms with Crippen LogP contribution in [-0.2, 0) is 12.8 Å².